The molecule has 4 nitrogen and oxygen atoms in total. The van der Waals surface area contributed by atoms with Crippen LogP contribution in [0.15, 0.2) is 8.78 Å². The molecule has 0 fully saturated rings. The largest absolute Gasteiger partial charge is 0.370 e. The molecule has 6 heteroatoms. The second kappa shape index (κ2) is 6.20. The Balaban J connectivity index is 2.65. The van der Waals surface area contributed by atoms with Gasteiger partial charge in [-0.15, -0.1) is 11.3 Å². The summed E-state index contributed by atoms with van der Waals surface area (Å²) in [4.78, 5) is 10.7. The molecule has 0 saturated carbocycles. The lowest BCUT2D eigenvalue weighted by Gasteiger charge is -2.18. The van der Waals surface area contributed by atoms with Gasteiger partial charge in [0.1, 0.15) is 5.01 Å². The Kier molecular flexibility index (Phi) is 5.21. The summed E-state index contributed by atoms with van der Waals surface area (Å²) >= 11 is 5.05. The fraction of sp³-hybridized carbons (Fsp3) is 0.600. The number of hydrogen-bond donors (Lipinski definition) is 1. The lowest BCUT2D eigenvalue weighted by molar-refractivity contribution is 0.458. The lowest BCUT2D eigenvalue weighted by atomic mass is 10.5. The van der Waals surface area contributed by atoms with Crippen molar-refractivity contribution in [2.24, 2.45) is 10.7 Å². The molecule has 1 rings (SSSR count). The van der Waals surface area contributed by atoms with Crippen molar-refractivity contribution in [3.8, 4) is 0 Å². The molecule has 16 heavy (non-hydrogen) atoms. The summed E-state index contributed by atoms with van der Waals surface area (Å²) in [7, 11) is 0. The number of aliphatic imine (C=N–C) groups is 1. The van der Waals surface area contributed by atoms with E-state index in [2.05, 4.69) is 39.8 Å². The van der Waals surface area contributed by atoms with Crippen molar-refractivity contribution in [2.75, 3.05) is 13.1 Å². The number of halogens is 1. The second-order valence-corrected chi connectivity index (χ2v) is 5.71. The van der Waals surface area contributed by atoms with Gasteiger partial charge in [-0.3, -0.25) is 0 Å². The maximum atomic E-state index is 5.87. The van der Waals surface area contributed by atoms with Gasteiger partial charge in [-0.25, -0.2) is 9.98 Å². The van der Waals surface area contributed by atoms with Gasteiger partial charge in [-0.1, -0.05) is 0 Å². The Hall–Kier alpha value is -0.620. The molecule has 0 unspecified atom stereocenters. The van der Waals surface area contributed by atoms with Crippen LogP contribution in [0.1, 0.15) is 24.5 Å². The van der Waals surface area contributed by atoms with Crippen molar-refractivity contribution in [1.82, 2.24) is 9.88 Å². The van der Waals surface area contributed by atoms with Crippen molar-refractivity contribution in [3.63, 3.8) is 0 Å². The third-order valence-electron chi connectivity index (χ3n) is 2.25. The van der Waals surface area contributed by atoms with Crippen LogP contribution in [0, 0.1) is 6.92 Å². The van der Waals surface area contributed by atoms with E-state index in [1.54, 1.807) is 11.3 Å². The quantitative estimate of drug-likeness (QED) is 0.686. The van der Waals surface area contributed by atoms with Crippen LogP contribution in [-0.4, -0.2) is 28.9 Å². The van der Waals surface area contributed by atoms with E-state index in [0.717, 1.165) is 27.6 Å². The first-order chi connectivity index (χ1) is 7.58. The fourth-order valence-corrected chi connectivity index (χ4v) is 2.66. The first-order valence-corrected chi connectivity index (χ1v) is 6.86. The Morgan fingerprint density at radius 3 is 2.56 bits per heavy atom. The minimum Gasteiger partial charge on any atom is -0.370 e. The predicted molar refractivity (Wildman–Crippen MR) is 72.8 cm³/mol. The average Bonchev–Trinajstić information content (AvgIpc) is 2.57. The highest BCUT2D eigenvalue weighted by Crippen LogP contribution is 2.24. The van der Waals surface area contributed by atoms with E-state index >= 15 is 0 Å². The zero-order valence-corrected chi connectivity index (χ0v) is 12.2. The number of nitrogens with two attached hydrogens (primary N) is 1. The number of hydrogen-bond acceptors (Lipinski definition) is 3. The van der Waals surface area contributed by atoms with E-state index in [1.807, 2.05) is 11.8 Å². The van der Waals surface area contributed by atoms with E-state index in [4.69, 9.17) is 5.73 Å². The molecule has 1 heterocycles. The van der Waals surface area contributed by atoms with Gasteiger partial charge < -0.3 is 10.6 Å². The van der Waals surface area contributed by atoms with E-state index in [-0.39, 0.29) is 0 Å². The number of aryl methyl sites for hydroxylation is 1. The van der Waals surface area contributed by atoms with Gasteiger partial charge in [0.25, 0.3) is 0 Å². The Morgan fingerprint density at radius 1 is 1.50 bits per heavy atom. The van der Waals surface area contributed by atoms with E-state index in [1.165, 1.54) is 0 Å². The summed E-state index contributed by atoms with van der Waals surface area (Å²) in [5, 5.41) is 0.986. The SMILES string of the molecule is CCN(CC)C(N)=NCc1nc(C)c(Br)s1. The Bertz CT molecular complexity index is 351. The summed E-state index contributed by atoms with van der Waals surface area (Å²) in [5.41, 5.74) is 6.88. The molecule has 1 aromatic heterocycles. The van der Waals surface area contributed by atoms with Crippen molar-refractivity contribution in [1.29, 1.82) is 0 Å². The van der Waals surface area contributed by atoms with Crippen LogP contribution in [0.5, 0.6) is 0 Å². The molecule has 2 N–H and O–H groups in total. The minimum atomic E-state index is 0.555. The van der Waals surface area contributed by atoms with Crippen LogP contribution in [0.25, 0.3) is 0 Å². The summed E-state index contributed by atoms with van der Waals surface area (Å²) in [5.74, 6) is 0.592. The molecule has 0 amide bonds. The fourth-order valence-electron chi connectivity index (χ4n) is 1.29. The van der Waals surface area contributed by atoms with Crippen LogP contribution in [0.3, 0.4) is 0 Å². The van der Waals surface area contributed by atoms with E-state index in [9.17, 15) is 0 Å². The molecule has 0 aliphatic rings. The molecule has 90 valence electrons. The third-order valence-corrected chi connectivity index (χ3v) is 4.24. The first kappa shape index (κ1) is 13.4. The molecule has 0 saturated heterocycles. The first-order valence-electron chi connectivity index (χ1n) is 5.25. The van der Waals surface area contributed by atoms with Gasteiger partial charge in [0.2, 0.25) is 0 Å². The molecule has 0 atom stereocenters. The Morgan fingerprint density at radius 2 is 2.12 bits per heavy atom. The van der Waals surface area contributed by atoms with E-state index in [0.29, 0.717) is 12.5 Å². The monoisotopic (exact) mass is 304 g/mol. The summed E-state index contributed by atoms with van der Waals surface area (Å²) in [6.07, 6.45) is 0. The van der Waals surface area contributed by atoms with Gasteiger partial charge in [0.05, 0.1) is 16.0 Å². The number of aromatic nitrogens is 1. The summed E-state index contributed by atoms with van der Waals surface area (Å²) in [6.45, 7) is 8.42. The normalized spacial score (nSPS) is 11.9. The van der Waals surface area contributed by atoms with Gasteiger partial charge in [-0.2, -0.15) is 0 Å². The topological polar surface area (TPSA) is 54.5 Å². The number of guanidine groups is 1. The molecular formula is C10H17BrN4S. The summed E-state index contributed by atoms with van der Waals surface area (Å²) < 4.78 is 1.07. The number of thiazole rings is 1. The van der Waals surface area contributed by atoms with E-state index < -0.39 is 0 Å². The maximum Gasteiger partial charge on any atom is 0.191 e. The molecule has 0 radical (unpaired) electrons. The molecular weight excluding hydrogens is 288 g/mol. The highest BCUT2D eigenvalue weighted by atomic mass is 79.9. The van der Waals surface area contributed by atoms with Gasteiger partial charge in [-0.05, 0) is 36.7 Å². The standard InChI is InChI=1S/C10H17BrN4S/c1-4-15(5-2)10(12)13-6-8-14-7(3)9(11)16-8/h4-6H2,1-3H3,(H2,12,13). The molecule has 0 spiro atoms. The average molecular weight is 305 g/mol. The number of nitrogens with zero attached hydrogens (tertiary/aromatic N) is 3. The predicted octanol–water partition coefficient (Wildman–Crippen LogP) is 2.37. The highest BCUT2D eigenvalue weighted by molar-refractivity contribution is 9.11. The summed E-state index contributed by atoms with van der Waals surface area (Å²) in [6, 6.07) is 0. The second-order valence-electron chi connectivity index (χ2n) is 3.31. The van der Waals surface area contributed by atoms with Crippen molar-refractivity contribution < 1.29 is 0 Å². The van der Waals surface area contributed by atoms with Crippen LogP contribution < -0.4 is 5.73 Å². The van der Waals surface area contributed by atoms with Crippen molar-refractivity contribution >= 4 is 33.2 Å². The van der Waals surface area contributed by atoms with Crippen molar-refractivity contribution in [2.45, 2.75) is 27.3 Å². The zero-order valence-electron chi connectivity index (χ0n) is 9.83. The lowest BCUT2D eigenvalue weighted by Crippen LogP contribution is -2.37. The number of rotatable bonds is 4. The Labute approximate surface area is 109 Å². The smallest absolute Gasteiger partial charge is 0.191 e. The van der Waals surface area contributed by atoms with Gasteiger partial charge in [0, 0.05) is 13.1 Å². The van der Waals surface area contributed by atoms with Crippen LogP contribution in [0.4, 0.5) is 0 Å². The van der Waals surface area contributed by atoms with Crippen LogP contribution in [-0.2, 0) is 6.54 Å². The van der Waals surface area contributed by atoms with Crippen LogP contribution in [0.2, 0.25) is 0 Å². The third kappa shape index (κ3) is 3.45. The minimum absolute atomic E-state index is 0.555. The maximum absolute atomic E-state index is 5.87. The molecule has 0 bridgehead atoms. The van der Waals surface area contributed by atoms with Crippen LogP contribution >= 0.6 is 27.3 Å². The van der Waals surface area contributed by atoms with Crippen molar-refractivity contribution in [3.05, 3.63) is 14.5 Å². The van der Waals surface area contributed by atoms with Gasteiger partial charge >= 0.3 is 0 Å². The van der Waals surface area contributed by atoms with Gasteiger partial charge in [0.15, 0.2) is 5.96 Å². The highest BCUT2D eigenvalue weighted by Gasteiger charge is 2.05. The molecule has 0 aromatic carbocycles. The molecule has 0 aliphatic heterocycles. The molecule has 0 aliphatic carbocycles. The molecule has 1 aromatic rings. The zero-order chi connectivity index (χ0) is 12.1.